The van der Waals surface area contributed by atoms with Crippen LogP contribution in [-0.4, -0.2) is 44.8 Å². The van der Waals surface area contributed by atoms with Gasteiger partial charge in [-0.2, -0.15) is 0 Å². The van der Waals surface area contributed by atoms with Crippen LogP contribution >= 0.6 is 0 Å². The molecule has 0 bridgehead atoms. The smallest absolute Gasteiger partial charge is 0.251 e. The molecule has 0 heterocycles. The Balaban J connectivity index is 1.69. The van der Waals surface area contributed by atoms with Crippen LogP contribution in [0.3, 0.4) is 0 Å². The molecule has 0 aliphatic heterocycles. The zero-order valence-electron chi connectivity index (χ0n) is 22.7. The molecular weight excluding hydrogens is 520 g/mol. The van der Waals surface area contributed by atoms with Crippen LogP contribution in [0, 0.1) is 11.6 Å². The van der Waals surface area contributed by atoms with Gasteiger partial charge in [0.25, 0.3) is 5.91 Å². The summed E-state index contributed by atoms with van der Waals surface area (Å²) in [6.45, 7) is 5.62. The molecule has 0 aliphatic rings. The number of sulfonamides is 1. The lowest BCUT2D eigenvalue weighted by molar-refractivity contribution is 0.0934. The van der Waals surface area contributed by atoms with Gasteiger partial charge in [0.15, 0.2) is 0 Å². The third-order valence-electron chi connectivity index (χ3n) is 6.50. The van der Waals surface area contributed by atoms with Crippen molar-refractivity contribution in [2.45, 2.75) is 57.0 Å². The Morgan fingerprint density at radius 1 is 0.923 bits per heavy atom. The molecule has 2 N–H and O–H groups in total. The largest absolute Gasteiger partial charge is 0.349 e. The Kier molecular flexibility index (Phi) is 11.2. The summed E-state index contributed by atoms with van der Waals surface area (Å²) in [5.41, 5.74) is 3.14. The number of hydrogen-bond donors (Lipinski definition) is 2. The van der Waals surface area contributed by atoms with Crippen LogP contribution in [0.5, 0.6) is 0 Å². The van der Waals surface area contributed by atoms with Gasteiger partial charge in [-0.25, -0.2) is 21.5 Å². The van der Waals surface area contributed by atoms with Gasteiger partial charge in [-0.1, -0.05) is 38.1 Å². The molecule has 0 radical (unpaired) electrons. The Morgan fingerprint density at radius 2 is 1.59 bits per heavy atom. The molecule has 9 heteroatoms. The summed E-state index contributed by atoms with van der Waals surface area (Å²) in [7, 11) is -2.11. The second-order valence-electron chi connectivity index (χ2n) is 9.64. The maximum absolute atomic E-state index is 13.8. The highest BCUT2D eigenvalue weighted by Crippen LogP contribution is 2.17. The van der Waals surface area contributed by atoms with Crippen molar-refractivity contribution in [1.29, 1.82) is 0 Å². The Morgan fingerprint density at radius 3 is 2.23 bits per heavy atom. The van der Waals surface area contributed by atoms with Crippen LogP contribution in [0.25, 0.3) is 0 Å². The van der Waals surface area contributed by atoms with Gasteiger partial charge in [0, 0.05) is 37.8 Å². The minimum absolute atomic E-state index is 0.109. The number of halogens is 2. The Labute approximate surface area is 230 Å². The normalized spacial score (nSPS) is 12.5. The number of hydrogen-bond acceptors (Lipinski definition) is 4. The van der Waals surface area contributed by atoms with Crippen molar-refractivity contribution in [2.24, 2.45) is 0 Å². The standard InChI is InChI=1S/C30H37F2N3O3S/c1-4-15-35(3)39(37,38)29-11-9-25(10-12-29)30(36)34-28(19-24-17-26(31)20-27(32)18-24)13-14-33-21-23-8-6-7-22(5-2)16-23/h6-12,16-18,20,28,33H,4-5,13-15,19,21H2,1-3H3,(H,34,36)/t28-/m1/s1. The van der Waals surface area contributed by atoms with E-state index in [4.69, 9.17) is 0 Å². The molecule has 3 aromatic carbocycles. The molecule has 210 valence electrons. The van der Waals surface area contributed by atoms with Crippen molar-refractivity contribution in [3.05, 3.63) is 101 Å². The van der Waals surface area contributed by atoms with Crippen LogP contribution in [0.4, 0.5) is 8.78 Å². The van der Waals surface area contributed by atoms with Crippen molar-refractivity contribution in [1.82, 2.24) is 14.9 Å². The molecule has 39 heavy (non-hydrogen) atoms. The van der Waals surface area contributed by atoms with Gasteiger partial charge in [-0.15, -0.1) is 0 Å². The fraction of sp³-hybridized carbons (Fsp3) is 0.367. The van der Waals surface area contributed by atoms with Gasteiger partial charge < -0.3 is 10.6 Å². The van der Waals surface area contributed by atoms with E-state index in [-0.39, 0.29) is 11.3 Å². The topological polar surface area (TPSA) is 78.5 Å². The summed E-state index contributed by atoms with van der Waals surface area (Å²) in [6, 6.07) is 17.0. The Hall–Kier alpha value is -3.14. The summed E-state index contributed by atoms with van der Waals surface area (Å²) in [6.07, 6.45) is 2.40. The van der Waals surface area contributed by atoms with E-state index < -0.39 is 33.6 Å². The molecule has 0 spiro atoms. The minimum atomic E-state index is -3.64. The summed E-state index contributed by atoms with van der Waals surface area (Å²) >= 11 is 0. The third-order valence-corrected chi connectivity index (χ3v) is 8.37. The van der Waals surface area contributed by atoms with Gasteiger partial charge in [-0.05, 0) is 85.3 Å². The van der Waals surface area contributed by atoms with E-state index in [2.05, 4.69) is 29.7 Å². The first kappa shape index (κ1) is 30.4. The lowest BCUT2D eigenvalue weighted by Gasteiger charge is -2.20. The van der Waals surface area contributed by atoms with E-state index >= 15 is 0 Å². The first-order valence-electron chi connectivity index (χ1n) is 13.2. The first-order valence-corrected chi connectivity index (χ1v) is 14.7. The molecule has 0 aromatic heterocycles. The van der Waals surface area contributed by atoms with Gasteiger partial charge >= 0.3 is 0 Å². The van der Waals surface area contributed by atoms with Crippen molar-refractivity contribution in [2.75, 3.05) is 20.1 Å². The molecule has 3 aromatic rings. The van der Waals surface area contributed by atoms with Crippen molar-refractivity contribution in [3.63, 3.8) is 0 Å². The molecule has 0 unspecified atom stereocenters. The summed E-state index contributed by atoms with van der Waals surface area (Å²) < 4.78 is 54.3. The molecule has 0 saturated heterocycles. The maximum atomic E-state index is 13.8. The van der Waals surface area contributed by atoms with Crippen molar-refractivity contribution < 1.29 is 22.0 Å². The highest BCUT2D eigenvalue weighted by Gasteiger charge is 2.21. The molecule has 1 atom stereocenters. The number of nitrogens with zero attached hydrogens (tertiary/aromatic N) is 1. The average molecular weight is 558 g/mol. The first-order chi connectivity index (χ1) is 18.6. The number of carbonyl (C=O) groups excluding carboxylic acids is 1. The fourth-order valence-corrected chi connectivity index (χ4v) is 5.63. The lowest BCUT2D eigenvalue weighted by atomic mass is 10.0. The molecule has 0 aliphatic carbocycles. The third kappa shape index (κ3) is 8.95. The predicted molar refractivity (Wildman–Crippen MR) is 150 cm³/mol. The van der Waals surface area contributed by atoms with Crippen LogP contribution in [0.15, 0.2) is 71.6 Å². The molecule has 1 amide bonds. The second-order valence-corrected chi connectivity index (χ2v) is 11.7. The van der Waals surface area contributed by atoms with E-state index in [0.29, 0.717) is 43.6 Å². The number of aryl methyl sites for hydroxylation is 1. The number of rotatable bonds is 14. The average Bonchev–Trinajstić information content (AvgIpc) is 2.90. The lowest BCUT2D eigenvalue weighted by Crippen LogP contribution is -2.38. The summed E-state index contributed by atoms with van der Waals surface area (Å²) in [5, 5.41) is 6.33. The zero-order chi connectivity index (χ0) is 28.4. The second kappa shape index (κ2) is 14.3. The summed E-state index contributed by atoms with van der Waals surface area (Å²) in [5.74, 6) is -1.74. The number of amides is 1. The summed E-state index contributed by atoms with van der Waals surface area (Å²) in [4.78, 5) is 13.2. The highest BCUT2D eigenvalue weighted by atomic mass is 32.2. The predicted octanol–water partition coefficient (Wildman–Crippen LogP) is 5.08. The Bertz CT molecular complexity index is 1330. The quantitative estimate of drug-likeness (QED) is 0.271. The van der Waals surface area contributed by atoms with E-state index in [1.165, 1.54) is 53.3 Å². The number of nitrogens with one attached hydrogen (secondary N) is 2. The van der Waals surface area contributed by atoms with Gasteiger partial charge in [-0.3, -0.25) is 4.79 Å². The molecule has 0 saturated carbocycles. The number of benzene rings is 3. The van der Waals surface area contributed by atoms with Gasteiger partial charge in [0.2, 0.25) is 10.0 Å². The van der Waals surface area contributed by atoms with E-state index in [1.807, 2.05) is 19.1 Å². The fourth-order valence-electron chi connectivity index (χ4n) is 4.37. The van der Waals surface area contributed by atoms with Crippen LogP contribution in [-0.2, 0) is 29.4 Å². The molecular formula is C30H37F2N3O3S. The minimum Gasteiger partial charge on any atom is -0.349 e. The molecule has 0 fully saturated rings. The van der Waals surface area contributed by atoms with Crippen LogP contribution < -0.4 is 10.6 Å². The van der Waals surface area contributed by atoms with E-state index in [1.54, 1.807) is 0 Å². The number of carbonyl (C=O) groups is 1. The molecule has 3 rings (SSSR count). The molecule has 6 nitrogen and oxygen atoms in total. The zero-order valence-corrected chi connectivity index (χ0v) is 23.5. The van der Waals surface area contributed by atoms with Crippen LogP contribution in [0.2, 0.25) is 0 Å². The monoisotopic (exact) mass is 557 g/mol. The van der Waals surface area contributed by atoms with Gasteiger partial charge in [0.1, 0.15) is 11.6 Å². The van der Waals surface area contributed by atoms with Crippen molar-refractivity contribution >= 4 is 15.9 Å². The SMILES string of the molecule is CCCN(C)S(=O)(=O)c1ccc(C(=O)N[C@H](CCNCc2cccc(CC)c2)Cc2cc(F)cc(F)c2)cc1. The van der Waals surface area contributed by atoms with E-state index in [9.17, 15) is 22.0 Å². The van der Waals surface area contributed by atoms with Crippen molar-refractivity contribution in [3.8, 4) is 0 Å². The highest BCUT2D eigenvalue weighted by molar-refractivity contribution is 7.89. The maximum Gasteiger partial charge on any atom is 0.251 e. The van der Waals surface area contributed by atoms with E-state index in [0.717, 1.165) is 18.1 Å². The van der Waals surface area contributed by atoms with Gasteiger partial charge in [0.05, 0.1) is 4.90 Å². The van der Waals surface area contributed by atoms with Crippen LogP contribution in [0.1, 0.15) is 53.7 Å².